The molecule has 0 aliphatic carbocycles. The van der Waals surface area contributed by atoms with Gasteiger partial charge < -0.3 is 23.7 Å². The van der Waals surface area contributed by atoms with Gasteiger partial charge in [0.1, 0.15) is 17.5 Å². The number of aliphatic hydroxyl groups is 1. The molecule has 0 amide bonds. The maximum absolute atomic E-state index is 13.7. The number of cyclic esters (lactones) is 1. The topological polar surface area (TPSA) is 91.3 Å². The second-order valence-corrected chi connectivity index (χ2v) is 18.8. The van der Waals surface area contributed by atoms with Gasteiger partial charge in [-0.25, -0.2) is 0 Å². The molecule has 1 aliphatic heterocycles. The van der Waals surface area contributed by atoms with E-state index in [4.69, 9.17) is 18.6 Å². The quantitative estimate of drug-likeness (QED) is 0.262. The first-order valence-electron chi connectivity index (χ1n) is 15.4. The molecule has 8 atom stereocenters. The fourth-order valence-corrected chi connectivity index (χ4v) is 6.90. The minimum absolute atomic E-state index is 0.0221. The molecule has 8 heteroatoms. The number of benzene rings is 1. The summed E-state index contributed by atoms with van der Waals surface area (Å²) in [6, 6.07) is 7.78. The van der Waals surface area contributed by atoms with Gasteiger partial charge in [0.2, 0.25) is 0 Å². The molecule has 0 aromatic heterocycles. The number of ketones is 1. The van der Waals surface area contributed by atoms with E-state index in [-0.39, 0.29) is 34.7 Å². The molecule has 238 valence electrons. The van der Waals surface area contributed by atoms with E-state index in [1.807, 2.05) is 45.0 Å². The van der Waals surface area contributed by atoms with Gasteiger partial charge in [0, 0.05) is 11.8 Å². The smallest absolute Gasteiger partial charge is 0.311 e. The predicted molar refractivity (Wildman–Crippen MR) is 170 cm³/mol. The highest BCUT2D eigenvalue weighted by Gasteiger charge is 2.46. The van der Waals surface area contributed by atoms with Gasteiger partial charge in [0.15, 0.2) is 14.1 Å². The Morgan fingerprint density at radius 3 is 2.17 bits per heavy atom. The van der Waals surface area contributed by atoms with Crippen LogP contribution < -0.4 is 4.74 Å². The maximum Gasteiger partial charge on any atom is 0.311 e. The Labute approximate surface area is 255 Å². The number of carbonyl (C=O) groups is 2. The number of carbonyl (C=O) groups excluding carboxylic acids is 2. The standard InChI is InChI=1S/C34H56O7Si/c1-13-29-34(9,37)19-18-28(35)22(2)20-23(3)30(39-21-26-14-16-27(38-10)17-15-26)24(4)31(25(5)32(36)40-29)41-42(11,12)33(6,7)8/h14-19,22-25,29-31,37H,13,20-21H2,1-12H3/b19-18+/t22-,23+,24-,25-,29-,30+,31+,34+/m1/s1. The number of ether oxygens (including phenoxy) is 3. The first kappa shape index (κ1) is 36.2. The molecule has 1 aromatic carbocycles. The van der Waals surface area contributed by atoms with Crippen molar-refractivity contribution >= 4 is 20.1 Å². The lowest BCUT2D eigenvalue weighted by atomic mass is 9.80. The third-order valence-corrected chi connectivity index (χ3v) is 13.9. The zero-order valence-electron chi connectivity index (χ0n) is 28.0. The summed E-state index contributed by atoms with van der Waals surface area (Å²) in [6.07, 6.45) is 2.29. The normalized spacial score (nSPS) is 33.0. The van der Waals surface area contributed by atoms with Crippen LogP contribution in [0.4, 0.5) is 0 Å². The minimum atomic E-state index is -2.33. The Hall–Kier alpha value is -2.00. The zero-order chi connectivity index (χ0) is 32.0. The summed E-state index contributed by atoms with van der Waals surface area (Å²) in [6.45, 7) is 22.7. The summed E-state index contributed by atoms with van der Waals surface area (Å²) in [5, 5.41) is 11.1. The Morgan fingerprint density at radius 2 is 1.64 bits per heavy atom. The van der Waals surface area contributed by atoms with E-state index in [9.17, 15) is 14.7 Å². The van der Waals surface area contributed by atoms with Crippen LogP contribution in [-0.4, -0.2) is 56.2 Å². The lowest BCUT2D eigenvalue weighted by molar-refractivity contribution is -0.170. The Balaban J connectivity index is 2.59. The van der Waals surface area contributed by atoms with Crippen LogP contribution in [0.2, 0.25) is 18.1 Å². The first-order chi connectivity index (χ1) is 19.3. The van der Waals surface area contributed by atoms with Crippen LogP contribution in [0.5, 0.6) is 5.75 Å². The molecule has 2 rings (SSSR count). The molecular formula is C34H56O7Si. The van der Waals surface area contributed by atoms with Gasteiger partial charge in [-0.15, -0.1) is 0 Å². The fraction of sp³-hybridized carbons (Fsp3) is 0.706. The Morgan fingerprint density at radius 1 is 1.05 bits per heavy atom. The van der Waals surface area contributed by atoms with Crippen molar-refractivity contribution in [2.24, 2.45) is 23.7 Å². The molecule has 0 radical (unpaired) electrons. The Kier molecular flexibility index (Phi) is 12.6. The summed E-state index contributed by atoms with van der Waals surface area (Å²) in [4.78, 5) is 26.9. The van der Waals surface area contributed by atoms with E-state index in [0.29, 0.717) is 19.4 Å². The van der Waals surface area contributed by atoms with Crippen molar-refractivity contribution in [1.82, 2.24) is 0 Å². The van der Waals surface area contributed by atoms with E-state index in [0.717, 1.165) is 11.3 Å². The van der Waals surface area contributed by atoms with E-state index >= 15 is 0 Å². The van der Waals surface area contributed by atoms with Gasteiger partial charge >= 0.3 is 5.97 Å². The highest BCUT2D eigenvalue weighted by Crippen LogP contribution is 2.41. The summed E-state index contributed by atoms with van der Waals surface area (Å²) >= 11 is 0. The van der Waals surface area contributed by atoms with Crippen LogP contribution >= 0.6 is 0 Å². The van der Waals surface area contributed by atoms with Gasteiger partial charge in [-0.05, 0) is 80.6 Å². The molecule has 0 bridgehead atoms. The molecule has 0 saturated carbocycles. The van der Waals surface area contributed by atoms with E-state index in [2.05, 4.69) is 47.7 Å². The Bertz CT molecular complexity index is 1060. The molecule has 1 N–H and O–H groups in total. The second-order valence-electron chi connectivity index (χ2n) is 14.0. The number of hydrogen-bond acceptors (Lipinski definition) is 7. The van der Waals surface area contributed by atoms with Crippen molar-refractivity contribution < 1.29 is 33.3 Å². The largest absolute Gasteiger partial charge is 0.497 e. The van der Waals surface area contributed by atoms with Crippen LogP contribution in [-0.2, 0) is 30.1 Å². The summed E-state index contributed by atoms with van der Waals surface area (Å²) in [5.41, 5.74) is -0.482. The molecule has 0 fully saturated rings. The lowest BCUT2D eigenvalue weighted by Crippen LogP contribution is -2.52. The van der Waals surface area contributed by atoms with Gasteiger partial charge in [-0.2, -0.15) is 0 Å². The first-order valence-corrected chi connectivity index (χ1v) is 18.3. The van der Waals surface area contributed by atoms with E-state index in [1.165, 1.54) is 12.2 Å². The van der Waals surface area contributed by atoms with Gasteiger partial charge in [-0.1, -0.05) is 60.6 Å². The van der Waals surface area contributed by atoms with Crippen molar-refractivity contribution in [2.45, 2.75) is 124 Å². The molecular weight excluding hydrogens is 548 g/mol. The number of esters is 1. The van der Waals surface area contributed by atoms with Crippen molar-refractivity contribution in [2.75, 3.05) is 7.11 Å². The van der Waals surface area contributed by atoms with Crippen LogP contribution in [0.1, 0.15) is 80.7 Å². The van der Waals surface area contributed by atoms with Crippen LogP contribution in [0.25, 0.3) is 0 Å². The highest BCUT2D eigenvalue weighted by atomic mass is 28.4. The average Bonchev–Trinajstić information content (AvgIpc) is 2.91. The van der Waals surface area contributed by atoms with E-state index < -0.39 is 38.0 Å². The van der Waals surface area contributed by atoms with Crippen LogP contribution in [0, 0.1) is 23.7 Å². The van der Waals surface area contributed by atoms with E-state index in [1.54, 1.807) is 14.0 Å². The molecule has 1 aliphatic rings. The van der Waals surface area contributed by atoms with Gasteiger partial charge in [-0.3, -0.25) is 9.59 Å². The molecule has 1 aromatic rings. The lowest BCUT2D eigenvalue weighted by Gasteiger charge is -2.45. The highest BCUT2D eigenvalue weighted by molar-refractivity contribution is 6.74. The number of allylic oxidation sites excluding steroid dienone is 1. The molecule has 7 nitrogen and oxygen atoms in total. The van der Waals surface area contributed by atoms with Crippen molar-refractivity contribution in [1.29, 1.82) is 0 Å². The van der Waals surface area contributed by atoms with Crippen molar-refractivity contribution in [3.05, 3.63) is 42.0 Å². The summed E-state index contributed by atoms with van der Waals surface area (Å²) in [5.74, 6) is -0.840. The monoisotopic (exact) mass is 604 g/mol. The number of methoxy groups -OCH3 is 1. The second kappa shape index (κ2) is 14.6. The number of hydrogen-bond donors (Lipinski definition) is 1. The third kappa shape index (κ3) is 9.25. The molecule has 0 saturated heterocycles. The van der Waals surface area contributed by atoms with Gasteiger partial charge in [0.25, 0.3) is 0 Å². The van der Waals surface area contributed by atoms with Crippen molar-refractivity contribution in [3.63, 3.8) is 0 Å². The zero-order valence-corrected chi connectivity index (χ0v) is 29.0. The SMILES string of the molecule is CC[C@H]1OC(=O)[C@H](C)[C@@H](O[Si](C)(C)C(C)(C)C)[C@H](C)[C@@H](OCc2ccc(OC)cc2)[C@@H](C)C[C@@H](C)C(=O)/C=C/[C@]1(C)O. The third-order valence-electron chi connectivity index (χ3n) is 9.38. The fourth-order valence-electron chi connectivity index (χ4n) is 5.45. The molecule has 0 spiro atoms. The average molecular weight is 605 g/mol. The summed E-state index contributed by atoms with van der Waals surface area (Å²) < 4.78 is 25.0. The predicted octanol–water partition coefficient (Wildman–Crippen LogP) is 7.12. The van der Waals surface area contributed by atoms with Crippen LogP contribution in [0.15, 0.2) is 36.4 Å². The maximum atomic E-state index is 13.7. The number of rotatable bonds is 7. The van der Waals surface area contributed by atoms with Gasteiger partial charge in [0.05, 0.1) is 31.8 Å². The van der Waals surface area contributed by atoms with Crippen LogP contribution in [0.3, 0.4) is 0 Å². The minimum Gasteiger partial charge on any atom is -0.497 e. The molecule has 1 heterocycles. The summed E-state index contributed by atoms with van der Waals surface area (Å²) in [7, 11) is -0.694. The van der Waals surface area contributed by atoms with Crippen molar-refractivity contribution in [3.8, 4) is 5.75 Å². The molecule has 42 heavy (non-hydrogen) atoms. The molecule has 0 unspecified atom stereocenters.